The zero-order chi connectivity index (χ0) is 31.6. The summed E-state index contributed by atoms with van der Waals surface area (Å²) in [5.41, 5.74) is -0.600. The minimum atomic E-state index is -0.600. The van der Waals surface area contributed by atoms with Crippen LogP contribution >= 0.6 is 0 Å². The summed E-state index contributed by atoms with van der Waals surface area (Å²) in [6.45, 7) is 23.1. The predicted molar refractivity (Wildman–Crippen MR) is 172 cm³/mol. The van der Waals surface area contributed by atoms with E-state index in [0.29, 0.717) is 83.7 Å². The van der Waals surface area contributed by atoms with Gasteiger partial charge in [0.05, 0.1) is 38.6 Å². The molecule has 0 spiro atoms. The summed E-state index contributed by atoms with van der Waals surface area (Å²) >= 11 is 0. The Morgan fingerprint density at radius 3 is 1.29 bits per heavy atom. The van der Waals surface area contributed by atoms with Crippen LogP contribution in [0.2, 0.25) is 0 Å². The topological polar surface area (TPSA) is 134 Å². The van der Waals surface area contributed by atoms with Crippen LogP contribution in [-0.2, 0) is 23.8 Å². The maximum atomic E-state index is 12.3. The molecule has 42 heavy (non-hydrogen) atoms. The van der Waals surface area contributed by atoms with Crippen LogP contribution in [0.25, 0.3) is 0 Å². The van der Waals surface area contributed by atoms with Gasteiger partial charge in [-0.2, -0.15) is 0 Å². The van der Waals surface area contributed by atoms with Crippen molar-refractivity contribution in [1.82, 2.24) is 31.9 Å². The normalized spacial score (nSPS) is 12.2. The van der Waals surface area contributed by atoms with Crippen LogP contribution in [-0.4, -0.2) is 114 Å². The summed E-state index contributed by atoms with van der Waals surface area (Å²) in [6, 6.07) is 1.49. The van der Waals surface area contributed by atoms with Crippen molar-refractivity contribution >= 4 is 11.8 Å². The zero-order valence-corrected chi connectivity index (χ0v) is 28.2. The number of ether oxygens (including phenoxy) is 3. The lowest BCUT2D eigenvalue weighted by Crippen LogP contribution is -2.59. The van der Waals surface area contributed by atoms with Crippen molar-refractivity contribution in [1.29, 1.82) is 0 Å². The number of carbonyl (C=O) groups is 2. The van der Waals surface area contributed by atoms with Crippen LogP contribution in [0.1, 0.15) is 87.5 Å². The molecule has 0 aromatic heterocycles. The van der Waals surface area contributed by atoms with Crippen molar-refractivity contribution in [2.75, 3.05) is 72.4 Å². The van der Waals surface area contributed by atoms with Crippen LogP contribution in [0.15, 0.2) is 0 Å². The molecule has 0 saturated heterocycles. The molecular formula is C31H66N6O5. The van der Waals surface area contributed by atoms with Crippen LogP contribution in [0, 0.1) is 0 Å². The van der Waals surface area contributed by atoms with Gasteiger partial charge < -0.3 is 46.1 Å². The summed E-state index contributed by atoms with van der Waals surface area (Å²) in [5, 5.41) is 19.6. The van der Waals surface area contributed by atoms with Crippen LogP contribution < -0.4 is 31.9 Å². The van der Waals surface area contributed by atoms with Gasteiger partial charge in [0.25, 0.3) is 0 Å². The van der Waals surface area contributed by atoms with Gasteiger partial charge in [0.2, 0.25) is 11.8 Å². The van der Waals surface area contributed by atoms with E-state index in [2.05, 4.69) is 87.3 Å². The number of amides is 2. The van der Waals surface area contributed by atoms with Crippen molar-refractivity contribution in [2.24, 2.45) is 0 Å². The van der Waals surface area contributed by atoms with E-state index < -0.39 is 5.54 Å². The van der Waals surface area contributed by atoms with E-state index in [1.54, 1.807) is 0 Å². The first-order valence-electron chi connectivity index (χ1n) is 16.2. The molecule has 250 valence electrons. The minimum absolute atomic E-state index is 0.0156. The lowest BCUT2D eigenvalue weighted by Gasteiger charge is -2.36. The van der Waals surface area contributed by atoms with Gasteiger partial charge in [-0.1, -0.05) is 55.4 Å². The van der Waals surface area contributed by atoms with E-state index in [1.165, 1.54) is 0 Å². The second kappa shape index (κ2) is 26.1. The van der Waals surface area contributed by atoms with E-state index in [4.69, 9.17) is 14.2 Å². The zero-order valence-electron chi connectivity index (χ0n) is 28.2. The number of carbonyl (C=O) groups excluding carboxylic acids is 2. The van der Waals surface area contributed by atoms with Crippen molar-refractivity contribution in [3.05, 3.63) is 0 Å². The van der Waals surface area contributed by atoms with Crippen molar-refractivity contribution in [2.45, 2.75) is 117 Å². The second-order valence-corrected chi connectivity index (χ2v) is 12.3. The highest BCUT2D eigenvalue weighted by Gasteiger charge is 2.32. The first-order valence-corrected chi connectivity index (χ1v) is 16.2. The molecule has 0 aromatic carbocycles. The molecule has 0 atom stereocenters. The Morgan fingerprint density at radius 2 is 0.905 bits per heavy atom. The van der Waals surface area contributed by atoms with Gasteiger partial charge in [-0.15, -0.1) is 0 Å². The lowest BCUT2D eigenvalue weighted by molar-refractivity contribution is -0.122. The molecule has 0 fully saturated rings. The van der Waals surface area contributed by atoms with E-state index in [9.17, 15) is 9.59 Å². The summed E-state index contributed by atoms with van der Waals surface area (Å²) in [5.74, 6) is -0.0313. The second-order valence-electron chi connectivity index (χ2n) is 12.3. The molecule has 0 radical (unpaired) electrons. The molecule has 0 rings (SSSR count). The Hall–Kier alpha value is -1.34. The third kappa shape index (κ3) is 26.3. The molecule has 11 nitrogen and oxygen atoms in total. The summed E-state index contributed by atoms with van der Waals surface area (Å²) < 4.78 is 18.1. The molecule has 0 saturated carbocycles. The fourth-order valence-electron chi connectivity index (χ4n) is 4.15. The van der Waals surface area contributed by atoms with Crippen LogP contribution in [0.5, 0.6) is 0 Å². The van der Waals surface area contributed by atoms with E-state index in [0.717, 1.165) is 38.9 Å². The van der Waals surface area contributed by atoms with Gasteiger partial charge in [0.1, 0.15) is 0 Å². The first kappa shape index (κ1) is 40.7. The molecule has 0 heterocycles. The Bertz CT molecular complexity index is 626. The van der Waals surface area contributed by atoms with Gasteiger partial charge >= 0.3 is 0 Å². The maximum absolute atomic E-state index is 12.3. The Balaban J connectivity index is 4.77. The lowest BCUT2D eigenvalue weighted by atomic mass is 10.0. The van der Waals surface area contributed by atoms with Gasteiger partial charge in [-0.05, 0) is 38.9 Å². The van der Waals surface area contributed by atoms with Crippen LogP contribution in [0.4, 0.5) is 0 Å². The monoisotopic (exact) mass is 603 g/mol. The Kier molecular flexibility index (Phi) is 25.3. The molecule has 0 aliphatic rings. The summed E-state index contributed by atoms with van der Waals surface area (Å²) in [7, 11) is 0. The SMILES string of the molecule is CC(C)NCCCNC(=O)CCOCC(COCCCNC(C)C)(COCCC(=O)NCCCNC(C)C)NC(C)C. The molecule has 0 unspecified atom stereocenters. The number of nitrogens with one attached hydrogen (secondary N) is 6. The van der Waals surface area contributed by atoms with Gasteiger partial charge in [-0.3, -0.25) is 9.59 Å². The van der Waals surface area contributed by atoms with Crippen molar-refractivity contribution in [3.8, 4) is 0 Å². The Morgan fingerprint density at radius 1 is 0.524 bits per heavy atom. The largest absolute Gasteiger partial charge is 0.379 e. The quantitative estimate of drug-likeness (QED) is 0.0711. The fraction of sp³-hybridized carbons (Fsp3) is 0.935. The minimum Gasteiger partial charge on any atom is -0.379 e. The molecular weight excluding hydrogens is 536 g/mol. The highest BCUT2D eigenvalue weighted by atomic mass is 16.5. The molecule has 6 N–H and O–H groups in total. The highest BCUT2D eigenvalue weighted by molar-refractivity contribution is 5.76. The molecule has 0 aliphatic heterocycles. The standard InChI is InChI=1S/C31H66N6O5/c1-25(2)32-14-9-16-35-29(38)12-20-41-23-31(37-28(7)8,22-40-19-11-18-34-27(5)6)24-42-21-13-30(39)36-17-10-15-33-26(3)4/h25-28,32-34,37H,9-24H2,1-8H3,(H,35,38)(H,36,39). The number of hydrogen-bond acceptors (Lipinski definition) is 9. The summed E-state index contributed by atoms with van der Waals surface area (Å²) in [4.78, 5) is 24.5. The predicted octanol–water partition coefficient (Wildman–Crippen LogP) is 1.95. The first-order chi connectivity index (χ1) is 20.0. The van der Waals surface area contributed by atoms with Gasteiger partial charge in [-0.25, -0.2) is 0 Å². The fourth-order valence-corrected chi connectivity index (χ4v) is 4.15. The van der Waals surface area contributed by atoms with Crippen LogP contribution in [0.3, 0.4) is 0 Å². The molecule has 0 bridgehead atoms. The summed E-state index contributed by atoms with van der Waals surface area (Å²) in [6.07, 6.45) is 3.27. The Labute approximate surface area is 257 Å². The smallest absolute Gasteiger partial charge is 0.222 e. The average Bonchev–Trinajstić information content (AvgIpc) is 2.90. The molecule has 2 amide bonds. The van der Waals surface area contributed by atoms with Gasteiger partial charge in [0.15, 0.2) is 0 Å². The van der Waals surface area contributed by atoms with Crippen molar-refractivity contribution in [3.63, 3.8) is 0 Å². The molecule has 11 heteroatoms. The molecule has 0 aliphatic carbocycles. The van der Waals surface area contributed by atoms with Gasteiger partial charge in [0, 0.05) is 56.7 Å². The van der Waals surface area contributed by atoms with E-state index in [-0.39, 0.29) is 17.9 Å². The third-order valence-electron chi connectivity index (χ3n) is 6.15. The number of rotatable bonds is 29. The van der Waals surface area contributed by atoms with Crippen molar-refractivity contribution < 1.29 is 23.8 Å². The third-order valence-corrected chi connectivity index (χ3v) is 6.15. The maximum Gasteiger partial charge on any atom is 0.222 e. The van der Waals surface area contributed by atoms with E-state index in [1.807, 2.05) is 0 Å². The average molecular weight is 603 g/mol. The molecule has 0 aromatic rings. The highest BCUT2D eigenvalue weighted by Crippen LogP contribution is 2.11. The number of hydrogen-bond donors (Lipinski definition) is 6. The van der Waals surface area contributed by atoms with E-state index >= 15 is 0 Å².